The van der Waals surface area contributed by atoms with Crippen LogP contribution in [0.3, 0.4) is 0 Å². The minimum atomic E-state index is -0.542. The van der Waals surface area contributed by atoms with E-state index < -0.39 is 5.91 Å². The van der Waals surface area contributed by atoms with Crippen LogP contribution in [0.25, 0.3) is 0 Å². The van der Waals surface area contributed by atoms with E-state index in [9.17, 15) is 9.90 Å². The van der Waals surface area contributed by atoms with Crippen molar-refractivity contribution < 1.29 is 9.90 Å². The SMILES string of the molecule is CC(O)C1CCN(c2cc(C(N)=O)c(N)cn2)CC1. The van der Waals surface area contributed by atoms with Crippen LogP contribution in [0.2, 0.25) is 0 Å². The number of carbonyl (C=O) groups is 1. The molecule has 0 spiro atoms. The Balaban J connectivity index is 2.12. The maximum atomic E-state index is 11.3. The van der Waals surface area contributed by atoms with Gasteiger partial charge in [-0.05, 0) is 31.7 Å². The quantitative estimate of drug-likeness (QED) is 0.731. The fourth-order valence-electron chi connectivity index (χ4n) is 2.45. The van der Waals surface area contributed by atoms with Crippen LogP contribution >= 0.6 is 0 Å². The Hall–Kier alpha value is -1.82. The number of aliphatic hydroxyl groups is 1. The Morgan fingerprint density at radius 3 is 2.68 bits per heavy atom. The third kappa shape index (κ3) is 2.96. The van der Waals surface area contributed by atoms with Gasteiger partial charge in [0.2, 0.25) is 0 Å². The van der Waals surface area contributed by atoms with Gasteiger partial charge in [-0.25, -0.2) is 4.98 Å². The lowest BCUT2D eigenvalue weighted by Gasteiger charge is -2.34. The molecule has 1 unspecified atom stereocenters. The smallest absolute Gasteiger partial charge is 0.250 e. The Bertz CT molecular complexity index is 468. The highest BCUT2D eigenvalue weighted by molar-refractivity contribution is 5.98. The molecule has 1 aliphatic heterocycles. The van der Waals surface area contributed by atoms with Gasteiger partial charge in [0.1, 0.15) is 5.82 Å². The first-order chi connectivity index (χ1) is 8.99. The Morgan fingerprint density at radius 1 is 1.53 bits per heavy atom. The number of rotatable bonds is 3. The van der Waals surface area contributed by atoms with E-state index in [1.54, 1.807) is 6.07 Å². The number of hydrogen-bond acceptors (Lipinski definition) is 5. The highest BCUT2D eigenvalue weighted by atomic mass is 16.3. The van der Waals surface area contributed by atoms with Crippen LogP contribution in [0, 0.1) is 5.92 Å². The number of hydrogen-bond donors (Lipinski definition) is 3. The molecule has 6 nitrogen and oxygen atoms in total. The van der Waals surface area contributed by atoms with Crippen LogP contribution in [0.5, 0.6) is 0 Å². The molecule has 1 atom stereocenters. The third-order valence-corrected chi connectivity index (χ3v) is 3.73. The van der Waals surface area contributed by atoms with E-state index in [-0.39, 0.29) is 6.10 Å². The van der Waals surface area contributed by atoms with E-state index in [2.05, 4.69) is 9.88 Å². The van der Waals surface area contributed by atoms with Crippen molar-refractivity contribution in [3.8, 4) is 0 Å². The summed E-state index contributed by atoms with van der Waals surface area (Å²) in [6.07, 6.45) is 3.02. The second-order valence-corrected chi connectivity index (χ2v) is 5.06. The van der Waals surface area contributed by atoms with Gasteiger partial charge < -0.3 is 21.5 Å². The van der Waals surface area contributed by atoms with Crippen molar-refractivity contribution in [3.63, 3.8) is 0 Å². The first-order valence-electron chi connectivity index (χ1n) is 6.47. The van der Waals surface area contributed by atoms with Crippen LogP contribution < -0.4 is 16.4 Å². The summed E-state index contributed by atoms with van der Waals surface area (Å²) >= 11 is 0. The summed E-state index contributed by atoms with van der Waals surface area (Å²) in [5.74, 6) is 0.507. The zero-order valence-electron chi connectivity index (χ0n) is 11.0. The average Bonchev–Trinajstić information content (AvgIpc) is 2.39. The van der Waals surface area contributed by atoms with Crippen molar-refractivity contribution in [2.45, 2.75) is 25.9 Å². The van der Waals surface area contributed by atoms with Crippen molar-refractivity contribution in [1.82, 2.24) is 4.98 Å². The molecule has 0 radical (unpaired) electrons. The molecule has 104 valence electrons. The first kappa shape index (κ1) is 13.6. The minimum Gasteiger partial charge on any atom is -0.397 e. The first-order valence-corrected chi connectivity index (χ1v) is 6.47. The van der Waals surface area contributed by atoms with Crippen molar-refractivity contribution in [2.24, 2.45) is 11.7 Å². The van der Waals surface area contributed by atoms with Crippen molar-refractivity contribution in [2.75, 3.05) is 23.7 Å². The van der Waals surface area contributed by atoms with Gasteiger partial charge in [-0.3, -0.25) is 4.79 Å². The number of nitrogens with two attached hydrogens (primary N) is 2. The maximum absolute atomic E-state index is 11.3. The number of pyridine rings is 1. The largest absolute Gasteiger partial charge is 0.397 e. The van der Waals surface area contributed by atoms with Crippen LogP contribution in [0.15, 0.2) is 12.3 Å². The molecule has 1 aromatic heterocycles. The molecule has 1 aliphatic rings. The Labute approximate surface area is 112 Å². The van der Waals surface area contributed by atoms with Crippen LogP contribution in [-0.2, 0) is 0 Å². The second kappa shape index (κ2) is 5.44. The molecule has 0 aliphatic carbocycles. The molecule has 1 amide bonds. The maximum Gasteiger partial charge on any atom is 0.250 e. The fraction of sp³-hybridized carbons (Fsp3) is 0.538. The topological polar surface area (TPSA) is 105 Å². The molecular weight excluding hydrogens is 244 g/mol. The van der Waals surface area contributed by atoms with Crippen molar-refractivity contribution in [1.29, 1.82) is 0 Å². The zero-order chi connectivity index (χ0) is 14.0. The molecule has 1 aromatic rings. The van der Waals surface area contributed by atoms with E-state index >= 15 is 0 Å². The van der Waals surface area contributed by atoms with E-state index in [1.807, 2.05) is 6.92 Å². The number of primary amides is 1. The second-order valence-electron chi connectivity index (χ2n) is 5.06. The summed E-state index contributed by atoms with van der Waals surface area (Å²) in [5, 5.41) is 9.58. The molecule has 0 aromatic carbocycles. The Kier molecular flexibility index (Phi) is 3.90. The summed E-state index contributed by atoms with van der Waals surface area (Å²) in [6.45, 7) is 3.45. The van der Waals surface area contributed by atoms with Gasteiger partial charge in [-0.1, -0.05) is 0 Å². The number of carbonyl (C=O) groups excluding carboxylic acids is 1. The fourth-order valence-corrected chi connectivity index (χ4v) is 2.45. The number of amides is 1. The summed E-state index contributed by atoms with van der Waals surface area (Å²) in [5.41, 5.74) is 11.6. The lowest BCUT2D eigenvalue weighted by Crippen LogP contribution is -2.37. The van der Waals surface area contributed by atoms with E-state index in [0.717, 1.165) is 25.9 Å². The normalized spacial score (nSPS) is 18.3. The number of aromatic nitrogens is 1. The molecule has 0 saturated carbocycles. The Morgan fingerprint density at radius 2 is 2.16 bits per heavy atom. The van der Waals surface area contributed by atoms with Crippen molar-refractivity contribution >= 4 is 17.4 Å². The molecule has 5 N–H and O–H groups in total. The lowest BCUT2D eigenvalue weighted by molar-refractivity contribution is 0.100. The lowest BCUT2D eigenvalue weighted by atomic mass is 9.92. The average molecular weight is 264 g/mol. The van der Waals surface area contributed by atoms with Crippen molar-refractivity contribution in [3.05, 3.63) is 17.8 Å². The minimum absolute atomic E-state index is 0.275. The molecule has 19 heavy (non-hydrogen) atoms. The number of anilines is 2. The van der Waals surface area contributed by atoms with Gasteiger partial charge in [0.05, 0.1) is 23.6 Å². The van der Waals surface area contributed by atoms with Gasteiger partial charge >= 0.3 is 0 Å². The molecule has 2 heterocycles. The molecule has 2 rings (SSSR count). The molecular formula is C13H20N4O2. The molecule has 6 heteroatoms. The summed E-state index contributed by atoms with van der Waals surface area (Å²) in [4.78, 5) is 17.6. The number of nitrogen functional groups attached to an aromatic ring is 1. The number of nitrogens with zero attached hydrogens (tertiary/aromatic N) is 2. The monoisotopic (exact) mass is 264 g/mol. The highest BCUT2D eigenvalue weighted by Crippen LogP contribution is 2.25. The van der Waals surface area contributed by atoms with E-state index in [1.165, 1.54) is 6.20 Å². The molecule has 1 saturated heterocycles. The van der Waals surface area contributed by atoms with Gasteiger partial charge in [-0.15, -0.1) is 0 Å². The van der Waals surface area contributed by atoms with Gasteiger partial charge in [0, 0.05) is 13.1 Å². The van der Waals surface area contributed by atoms with E-state index in [4.69, 9.17) is 11.5 Å². The molecule has 0 bridgehead atoms. The van der Waals surface area contributed by atoms with Crippen LogP contribution in [0.1, 0.15) is 30.1 Å². The van der Waals surface area contributed by atoms with Crippen LogP contribution in [-0.4, -0.2) is 35.2 Å². The number of piperidine rings is 1. The van der Waals surface area contributed by atoms with Gasteiger partial charge in [0.25, 0.3) is 5.91 Å². The zero-order valence-corrected chi connectivity index (χ0v) is 11.0. The van der Waals surface area contributed by atoms with Crippen LogP contribution in [0.4, 0.5) is 11.5 Å². The summed E-state index contributed by atoms with van der Waals surface area (Å²) < 4.78 is 0. The molecule has 1 fully saturated rings. The summed E-state index contributed by atoms with van der Waals surface area (Å²) in [7, 11) is 0. The third-order valence-electron chi connectivity index (χ3n) is 3.73. The number of aliphatic hydroxyl groups excluding tert-OH is 1. The standard InChI is InChI=1S/C13H20N4O2/c1-8(18)9-2-4-17(5-3-9)12-6-10(13(15)19)11(14)7-16-12/h6-9,18H,2-5,14H2,1H3,(H2,15,19). The van der Waals surface area contributed by atoms with E-state index in [0.29, 0.717) is 23.0 Å². The summed E-state index contributed by atoms with van der Waals surface area (Å²) in [6, 6.07) is 1.64. The predicted octanol–water partition coefficient (Wildman–Crippen LogP) is 0.360. The predicted molar refractivity (Wildman–Crippen MR) is 73.8 cm³/mol. The van der Waals surface area contributed by atoms with Gasteiger partial charge in [-0.2, -0.15) is 0 Å². The highest BCUT2D eigenvalue weighted by Gasteiger charge is 2.23. The van der Waals surface area contributed by atoms with Gasteiger partial charge in [0.15, 0.2) is 0 Å².